The van der Waals surface area contributed by atoms with Crippen LogP contribution < -0.4 is 9.47 Å². The number of piperidine rings is 1. The Morgan fingerprint density at radius 2 is 1.96 bits per heavy atom. The lowest BCUT2D eigenvalue weighted by atomic mass is 9.79. The summed E-state index contributed by atoms with van der Waals surface area (Å²) in [6, 6.07) is 4.41. The van der Waals surface area contributed by atoms with Crippen LogP contribution in [0.2, 0.25) is 0 Å². The molecule has 0 bridgehead atoms. The van der Waals surface area contributed by atoms with E-state index in [1.807, 2.05) is 0 Å². The van der Waals surface area contributed by atoms with Gasteiger partial charge >= 0.3 is 5.97 Å². The number of fused-ring (bicyclic) bond motifs is 3. The zero-order valence-electron chi connectivity index (χ0n) is 16.9. The monoisotopic (exact) mass is 374 g/mol. The maximum atomic E-state index is 11.3. The van der Waals surface area contributed by atoms with Crippen molar-refractivity contribution in [2.24, 2.45) is 17.0 Å². The summed E-state index contributed by atoms with van der Waals surface area (Å²) < 4.78 is 11.0. The van der Waals surface area contributed by atoms with Gasteiger partial charge in [-0.15, -0.1) is 0 Å². The Kier molecular flexibility index (Phi) is 6.05. The first kappa shape index (κ1) is 19.7. The van der Waals surface area contributed by atoms with Gasteiger partial charge in [0.15, 0.2) is 11.5 Å². The minimum atomic E-state index is -0.372. The quantitative estimate of drug-likeness (QED) is 0.582. The summed E-state index contributed by atoms with van der Waals surface area (Å²) in [5, 5.41) is 4.24. The summed E-state index contributed by atoms with van der Waals surface area (Å²) >= 11 is 0. The highest BCUT2D eigenvalue weighted by atomic mass is 16.7. The second kappa shape index (κ2) is 8.30. The number of oxime groups is 1. The fourth-order valence-electron chi connectivity index (χ4n) is 4.31. The van der Waals surface area contributed by atoms with Gasteiger partial charge in [0, 0.05) is 38.4 Å². The second-order valence-electron chi connectivity index (χ2n) is 7.86. The van der Waals surface area contributed by atoms with Gasteiger partial charge in [-0.05, 0) is 42.0 Å². The number of methoxy groups -OCH3 is 2. The molecule has 0 N–H and O–H groups in total. The summed E-state index contributed by atoms with van der Waals surface area (Å²) in [7, 11) is 3.33. The topological polar surface area (TPSA) is 60.4 Å². The number of rotatable bonds is 5. The van der Waals surface area contributed by atoms with Crippen LogP contribution in [-0.2, 0) is 16.1 Å². The minimum Gasteiger partial charge on any atom is -0.493 e. The molecule has 0 aliphatic carbocycles. The maximum Gasteiger partial charge on any atom is 0.331 e. The molecule has 148 valence electrons. The summed E-state index contributed by atoms with van der Waals surface area (Å²) in [6.45, 7) is 7.79. The number of nitrogens with zero attached hydrogens (tertiary/aromatic N) is 2. The van der Waals surface area contributed by atoms with Crippen molar-refractivity contribution in [3.8, 4) is 11.5 Å². The van der Waals surface area contributed by atoms with Crippen molar-refractivity contribution in [2.45, 2.75) is 46.1 Å². The fourth-order valence-corrected chi connectivity index (χ4v) is 4.31. The van der Waals surface area contributed by atoms with E-state index in [4.69, 9.17) is 14.3 Å². The van der Waals surface area contributed by atoms with Gasteiger partial charge in [0.25, 0.3) is 0 Å². The Balaban J connectivity index is 1.93. The lowest BCUT2D eigenvalue weighted by Gasteiger charge is -2.44. The van der Waals surface area contributed by atoms with E-state index >= 15 is 0 Å². The van der Waals surface area contributed by atoms with Crippen LogP contribution in [0.5, 0.6) is 11.5 Å². The first-order valence-corrected chi connectivity index (χ1v) is 9.66. The number of ether oxygens (including phenoxy) is 2. The molecule has 27 heavy (non-hydrogen) atoms. The van der Waals surface area contributed by atoms with Crippen molar-refractivity contribution in [3.63, 3.8) is 0 Å². The van der Waals surface area contributed by atoms with Crippen molar-refractivity contribution in [1.29, 1.82) is 0 Å². The summed E-state index contributed by atoms with van der Waals surface area (Å²) in [6.07, 6.45) is 2.81. The molecule has 6 heteroatoms. The van der Waals surface area contributed by atoms with Crippen LogP contribution in [0, 0.1) is 11.8 Å². The summed E-state index contributed by atoms with van der Waals surface area (Å²) in [5.41, 5.74) is 3.54. The van der Waals surface area contributed by atoms with Gasteiger partial charge < -0.3 is 14.3 Å². The minimum absolute atomic E-state index is 0.228. The van der Waals surface area contributed by atoms with Gasteiger partial charge in [0.2, 0.25) is 0 Å². The van der Waals surface area contributed by atoms with Crippen molar-refractivity contribution in [3.05, 3.63) is 23.3 Å². The van der Waals surface area contributed by atoms with E-state index in [-0.39, 0.29) is 12.0 Å². The smallest absolute Gasteiger partial charge is 0.331 e. The molecule has 1 saturated heterocycles. The van der Waals surface area contributed by atoms with E-state index in [1.165, 1.54) is 18.1 Å². The van der Waals surface area contributed by atoms with Gasteiger partial charge in [-0.1, -0.05) is 19.0 Å². The SMILES string of the molecule is COc1cc2c(cc1OC)[C@@H]1C/C(=N/OC(C)=O)[C@H](CC(C)C)CN1CC2. The van der Waals surface area contributed by atoms with Gasteiger partial charge in [0.05, 0.1) is 19.9 Å². The molecule has 1 aromatic rings. The third-order valence-corrected chi connectivity index (χ3v) is 5.49. The normalized spacial score (nSPS) is 23.7. The highest BCUT2D eigenvalue weighted by Crippen LogP contribution is 2.42. The molecule has 1 fully saturated rings. The van der Waals surface area contributed by atoms with Crippen molar-refractivity contribution in [2.75, 3.05) is 27.3 Å². The van der Waals surface area contributed by atoms with E-state index in [2.05, 4.69) is 36.0 Å². The number of hydrogen-bond donors (Lipinski definition) is 0. The van der Waals surface area contributed by atoms with Crippen LogP contribution >= 0.6 is 0 Å². The van der Waals surface area contributed by atoms with Crippen molar-refractivity contribution >= 4 is 11.7 Å². The molecule has 0 unspecified atom stereocenters. The van der Waals surface area contributed by atoms with Crippen LogP contribution in [0.15, 0.2) is 17.3 Å². The third kappa shape index (κ3) is 4.26. The van der Waals surface area contributed by atoms with Crippen LogP contribution in [-0.4, -0.2) is 43.9 Å². The molecule has 0 saturated carbocycles. The largest absolute Gasteiger partial charge is 0.493 e. The molecule has 0 amide bonds. The summed E-state index contributed by atoms with van der Waals surface area (Å²) in [4.78, 5) is 18.8. The zero-order valence-corrected chi connectivity index (χ0v) is 16.9. The van der Waals surface area contributed by atoms with Crippen molar-refractivity contribution in [1.82, 2.24) is 4.90 Å². The number of hydrogen-bond acceptors (Lipinski definition) is 6. The third-order valence-electron chi connectivity index (χ3n) is 5.49. The Hall–Kier alpha value is -2.08. The van der Waals surface area contributed by atoms with E-state index in [9.17, 15) is 4.79 Å². The Morgan fingerprint density at radius 1 is 1.26 bits per heavy atom. The predicted molar refractivity (Wildman–Crippen MR) is 104 cm³/mol. The highest BCUT2D eigenvalue weighted by molar-refractivity contribution is 5.88. The van der Waals surface area contributed by atoms with Crippen LogP contribution in [0.25, 0.3) is 0 Å². The molecule has 3 rings (SSSR count). The fraction of sp³-hybridized carbons (Fsp3) is 0.619. The molecule has 6 nitrogen and oxygen atoms in total. The average Bonchev–Trinajstić information content (AvgIpc) is 2.64. The number of carbonyl (C=O) groups is 1. The molecular formula is C21H30N2O4. The van der Waals surface area contributed by atoms with E-state index in [1.54, 1.807) is 14.2 Å². The molecule has 2 heterocycles. The van der Waals surface area contributed by atoms with Gasteiger partial charge in [0.1, 0.15) is 0 Å². The molecule has 0 spiro atoms. The number of benzene rings is 1. The lowest BCUT2D eigenvalue weighted by Crippen LogP contribution is -2.46. The van der Waals surface area contributed by atoms with Gasteiger partial charge in [-0.3, -0.25) is 4.90 Å². The standard InChI is InChI=1S/C21H30N2O4/c1-13(2)8-16-12-23-7-6-15-9-20(25-4)21(26-5)10-17(15)19(23)11-18(16)22-27-14(3)24/h9-10,13,16,19H,6-8,11-12H2,1-5H3/b22-18-/t16-,19+/m1/s1. The lowest BCUT2D eigenvalue weighted by molar-refractivity contribution is -0.141. The molecule has 0 aromatic heterocycles. The molecule has 2 aliphatic heterocycles. The van der Waals surface area contributed by atoms with E-state index in [0.717, 1.165) is 49.6 Å². The zero-order chi connectivity index (χ0) is 19.6. The Labute approximate surface area is 161 Å². The van der Waals surface area contributed by atoms with E-state index in [0.29, 0.717) is 11.8 Å². The first-order valence-electron chi connectivity index (χ1n) is 9.66. The summed E-state index contributed by atoms with van der Waals surface area (Å²) in [5.74, 6) is 2.04. The van der Waals surface area contributed by atoms with Crippen LogP contribution in [0.1, 0.15) is 50.8 Å². The first-order chi connectivity index (χ1) is 12.9. The Bertz CT molecular complexity index is 729. The highest BCUT2D eigenvalue weighted by Gasteiger charge is 2.38. The average molecular weight is 374 g/mol. The molecule has 0 radical (unpaired) electrons. The predicted octanol–water partition coefficient (Wildman–Crippen LogP) is 3.59. The molecule has 2 atom stereocenters. The number of carbonyl (C=O) groups excluding carboxylic acids is 1. The van der Waals surface area contributed by atoms with Crippen LogP contribution in [0.4, 0.5) is 0 Å². The van der Waals surface area contributed by atoms with Gasteiger partial charge in [-0.25, -0.2) is 4.79 Å². The van der Waals surface area contributed by atoms with Crippen LogP contribution in [0.3, 0.4) is 0 Å². The molecular weight excluding hydrogens is 344 g/mol. The molecule has 2 aliphatic rings. The van der Waals surface area contributed by atoms with Gasteiger partial charge in [-0.2, -0.15) is 0 Å². The molecule has 1 aromatic carbocycles. The maximum absolute atomic E-state index is 11.3. The van der Waals surface area contributed by atoms with Crippen molar-refractivity contribution < 1.29 is 19.1 Å². The Morgan fingerprint density at radius 3 is 2.59 bits per heavy atom. The second-order valence-corrected chi connectivity index (χ2v) is 7.86. The van der Waals surface area contributed by atoms with E-state index < -0.39 is 0 Å².